The molecule has 0 amide bonds. The fraction of sp³-hybridized carbons (Fsp3) is 0.294. The van der Waals surface area contributed by atoms with Gasteiger partial charge < -0.3 is 10.5 Å². The second-order valence-corrected chi connectivity index (χ2v) is 5.01. The van der Waals surface area contributed by atoms with Crippen LogP contribution < -0.4 is 10.5 Å². The maximum Gasteiger partial charge on any atom is 0.166 e. The van der Waals surface area contributed by atoms with Crippen LogP contribution in [0.5, 0.6) is 11.5 Å². The van der Waals surface area contributed by atoms with Crippen LogP contribution in [0.25, 0.3) is 0 Å². The topological polar surface area (TPSA) is 35.2 Å². The summed E-state index contributed by atoms with van der Waals surface area (Å²) in [6, 6.07) is 12.6. The largest absolute Gasteiger partial charge is 0.454 e. The summed E-state index contributed by atoms with van der Waals surface area (Å²) in [4.78, 5) is 0. The van der Waals surface area contributed by atoms with E-state index >= 15 is 0 Å². The maximum absolute atomic E-state index is 14.0. The lowest BCUT2D eigenvalue weighted by molar-refractivity contribution is 0.434. The van der Waals surface area contributed by atoms with Crippen molar-refractivity contribution in [3.63, 3.8) is 0 Å². The lowest BCUT2D eigenvalue weighted by atomic mass is 10.1. The van der Waals surface area contributed by atoms with Gasteiger partial charge in [-0.25, -0.2) is 4.39 Å². The van der Waals surface area contributed by atoms with Crippen molar-refractivity contribution in [3.8, 4) is 11.5 Å². The SMILES string of the molecule is CCc1ccc(Oc2c(F)cccc2CC(C)N)cc1. The molecule has 1 unspecified atom stereocenters. The van der Waals surface area contributed by atoms with Gasteiger partial charge in [-0.2, -0.15) is 0 Å². The van der Waals surface area contributed by atoms with Gasteiger partial charge in [-0.15, -0.1) is 0 Å². The van der Waals surface area contributed by atoms with E-state index in [1.54, 1.807) is 6.07 Å². The van der Waals surface area contributed by atoms with Gasteiger partial charge >= 0.3 is 0 Å². The number of rotatable bonds is 5. The lowest BCUT2D eigenvalue weighted by Crippen LogP contribution is -2.18. The molecule has 0 aromatic heterocycles. The molecular weight excluding hydrogens is 253 g/mol. The number of halogens is 1. The molecule has 2 aromatic carbocycles. The van der Waals surface area contributed by atoms with Gasteiger partial charge in [0.15, 0.2) is 11.6 Å². The van der Waals surface area contributed by atoms with Gasteiger partial charge in [0.2, 0.25) is 0 Å². The van der Waals surface area contributed by atoms with E-state index in [4.69, 9.17) is 10.5 Å². The molecule has 0 aliphatic heterocycles. The Kier molecular flexibility index (Phi) is 4.74. The summed E-state index contributed by atoms with van der Waals surface area (Å²) in [7, 11) is 0. The predicted octanol–water partition coefficient (Wildman–Crippen LogP) is 4.07. The minimum atomic E-state index is -0.359. The number of nitrogens with two attached hydrogens (primary N) is 1. The van der Waals surface area contributed by atoms with Crippen LogP contribution in [0.1, 0.15) is 25.0 Å². The summed E-state index contributed by atoms with van der Waals surface area (Å²) in [5.74, 6) is 0.551. The van der Waals surface area contributed by atoms with E-state index in [0.29, 0.717) is 12.2 Å². The average molecular weight is 273 g/mol. The van der Waals surface area contributed by atoms with Gasteiger partial charge in [-0.3, -0.25) is 0 Å². The number of hydrogen-bond donors (Lipinski definition) is 1. The molecule has 0 saturated carbocycles. The fourth-order valence-electron chi connectivity index (χ4n) is 2.09. The Hall–Kier alpha value is -1.87. The zero-order valence-corrected chi connectivity index (χ0v) is 11.9. The Morgan fingerprint density at radius 2 is 1.85 bits per heavy atom. The summed E-state index contributed by atoms with van der Waals surface area (Å²) in [6.45, 7) is 3.98. The van der Waals surface area contributed by atoms with E-state index in [-0.39, 0.29) is 17.6 Å². The predicted molar refractivity (Wildman–Crippen MR) is 79.6 cm³/mol. The van der Waals surface area contributed by atoms with Gasteiger partial charge in [-0.05, 0) is 49.1 Å². The minimum absolute atomic E-state index is 0.0402. The van der Waals surface area contributed by atoms with E-state index in [9.17, 15) is 4.39 Å². The Morgan fingerprint density at radius 3 is 2.45 bits per heavy atom. The molecule has 106 valence electrons. The molecule has 0 fully saturated rings. The van der Waals surface area contributed by atoms with Crippen molar-refractivity contribution in [1.82, 2.24) is 0 Å². The molecule has 20 heavy (non-hydrogen) atoms. The van der Waals surface area contributed by atoms with Crippen molar-refractivity contribution in [2.75, 3.05) is 0 Å². The first-order valence-electron chi connectivity index (χ1n) is 6.90. The summed E-state index contributed by atoms with van der Waals surface area (Å²) in [6.07, 6.45) is 1.55. The van der Waals surface area contributed by atoms with Crippen molar-refractivity contribution in [2.24, 2.45) is 5.73 Å². The summed E-state index contributed by atoms with van der Waals surface area (Å²) in [5, 5.41) is 0. The zero-order chi connectivity index (χ0) is 14.5. The molecule has 0 aliphatic rings. The lowest BCUT2D eigenvalue weighted by Gasteiger charge is -2.13. The molecule has 0 heterocycles. The summed E-state index contributed by atoms with van der Waals surface area (Å²) < 4.78 is 19.7. The van der Waals surface area contributed by atoms with Crippen molar-refractivity contribution in [3.05, 3.63) is 59.4 Å². The van der Waals surface area contributed by atoms with E-state index < -0.39 is 0 Å². The standard InChI is InChI=1S/C17H20FNO/c1-3-13-7-9-15(10-8-13)20-17-14(11-12(2)19)5-4-6-16(17)18/h4-10,12H,3,11,19H2,1-2H3. The van der Waals surface area contributed by atoms with Crippen LogP contribution in [-0.2, 0) is 12.8 Å². The Balaban J connectivity index is 2.26. The summed E-state index contributed by atoms with van der Waals surface area (Å²) >= 11 is 0. The highest BCUT2D eigenvalue weighted by atomic mass is 19.1. The van der Waals surface area contributed by atoms with E-state index in [0.717, 1.165) is 12.0 Å². The van der Waals surface area contributed by atoms with Crippen LogP contribution in [0.4, 0.5) is 4.39 Å². The van der Waals surface area contributed by atoms with E-state index in [1.807, 2.05) is 37.3 Å². The highest BCUT2D eigenvalue weighted by molar-refractivity contribution is 5.40. The van der Waals surface area contributed by atoms with Crippen molar-refractivity contribution in [2.45, 2.75) is 32.7 Å². The number of ether oxygens (including phenoxy) is 1. The summed E-state index contributed by atoms with van der Waals surface area (Å²) in [5.41, 5.74) is 7.81. The quantitative estimate of drug-likeness (QED) is 0.891. The first-order valence-corrected chi connectivity index (χ1v) is 6.90. The van der Waals surface area contributed by atoms with Gasteiger partial charge in [-0.1, -0.05) is 31.2 Å². The van der Waals surface area contributed by atoms with Crippen molar-refractivity contribution < 1.29 is 9.13 Å². The van der Waals surface area contributed by atoms with Crippen LogP contribution in [-0.4, -0.2) is 6.04 Å². The van der Waals surface area contributed by atoms with Gasteiger partial charge in [0.25, 0.3) is 0 Å². The molecule has 2 rings (SSSR count). The molecule has 2 nitrogen and oxygen atoms in total. The Morgan fingerprint density at radius 1 is 1.15 bits per heavy atom. The van der Waals surface area contributed by atoms with Crippen LogP contribution in [0, 0.1) is 5.82 Å². The second-order valence-electron chi connectivity index (χ2n) is 5.01. The average Bonchev–Trinajstić information content (AvgIpc) is 2.43. The van der Waals surface area contributed by atoms with Crippen molar-refractivity contribution in [1.29, 1.82) is 0 Å². The fourth-order valence-corrected chi connectivity index (χ4v) is 2.09. The third-order valence-corrected chi connectivity index (χ3v) is 3.14. The normalized spacial score (nSPS) is 12.2. The van der Waals surface area contributed by atoms with Crippen LogP contribution in [0.3, 0.4) is 0 Å². The maximum atomic E-state index is 14.0. The molecule has 0 aliphatic carbocycles. The highest BCUT2D eigenvalue weighted by Crippen LogP contribution is 2.29. The van der Waals surface area contributed by atoms with Crippen LogP contribution >= 0.6 is 0 Å². The first kappa shape index (κ1) is 14.5. The van der Waals surface area contributed by atoms with Crippen LogP contribution in [0.15, 0.2) is 42.5 Å². The number of aryl methyl sites for hydroxylation is 1. The van der Waals surface area contributed by atoms with Gasteiger partial charge in [0.1, 0.15) is 5.75 Å². The third-order valence-electron chi connectivity index (χ3n) is 3.14. The minimum Gasteiger partial charge on any atom is -0.454 e. The second kappa shape index (κ2) is 6.53. The van der Waals surface area contributed by atoms with Crippen molar-refractivity contribution >= 4 is 0 Å². The molecule has 1 atom stereocenters. The van der Waals surface area contributed by atoms with Gasteiger partial charge in [0, 0.05) is 6.04 Å². The Labute approximate surface area is 119 Å². The Bertz CT molecular complexity index is 564. The highest BCUT2D eigenvalue weighted by Gasteiger charge is 2.12. The molecule has 3 heteroatoms. The van der Waals surface area contributed by atoms with E-state index in [2.05, 4.69) is 6.92 Å². The zero-order valence-electron chi connectivity index (χ0n) is 11.9. The first-order chi connectivity index (χ1) is 9.60. The molecule has 0 bridgehead atoms. The number of hydrogen-bond acceptors (Lipinski definition) is 2. The van der Waals surface area contributed by atoms with Gasteiger partial charge in [0.05, 0.1) is 0 Å². The van der Waals surface area contributed by atoms with E-state index in [1.165, 1.54) is 11.6 Å². The molecule has 2 N–H and O–H groups in total. The number of benzene rings is 2. The van der Waals surface area contributed by atoms with Crippen LogP contribution in [0.2, 0.25) is 0 Å². The monoisotopic (exact) mass is 273 g/mol. The molecule has 2 aromatic rings. The number of para-hydroxylation sites is 1. The molecular formula is C17H20FNO. The smallest absolute Gasteiger partial charge is 0.166 e. The molecule has 0 radical (unpaired) electrons. The molecule has 0 saturated heterocycles. The third kappa shape index (κ3) is 3.58. The molecule has 0 spiro atoms.